The van der Waals surface area contributed by atoms with Crippen LogP contribution < -0.4 is 43.4 Å². The van der Waals surface area contributed by atoms with E-state index in [4.69, 9.17) is 31.6 Å². The van der Waals surface area contributed by atoms with Crippen LogP contribution in [0, 0.1) is 35.5 Å². The van der Waals surface area contributed by atoms with Gasteiger partial charge < -0.3 is 52.7 Å². The third kappa shape index (κ3) is 14.0. The Morgan fingerprint density at radius 3 is 1.34 bits per heavy atom. The van der Waals surface area contributed by atoms with Crippen molar-refractivity contribution < 1.29 is 28.5 Å². The molecule has 0 radical (unpaired) electrons. The van der Waals surface area contributed by atoms with E-state index in [1.165, 1.54) is 0 Å². The summed E-state index contributed by atoms with van der Waals surface area (Å²) in [5.41, 5.74) is 13.0. The van der Waals surface area contributed by atoms with Crippen molar-refractivity contribution in [1.82, 2.24) is 31.9 Å². The number of nitrogens with one attached hydrogen (secondary N) is 8. The number of carbonyl (C=O) groups excluding carboxylic acids is 4. The molecule has 322 valence electrons. The predicted molar refractivity (Wildman–Crippen MR) is 229 cm³/mol. The van der Waals surface area contributed by atoms with Crippen LogP contribution in [0.1, 0.15) is 99.3 Å². The Labute approximate surface area is 349 Å². The maximum atomic E-state index is 14.0. The van der Waals surface area contributed by atoms with Crippen LogP contribution in [0.15, 0.2) is 48.5 Å². The fourth-order valence-corrected chi connectivity index (χ4v) is 8.00. The maximum absolute atomic E-state index is 14.0. The lowest BCUT2D eigenvalue weighted by atomic mass is 9.83. The minimum atomic E-state index is -1.25. The fraction of sp³-hybridized carbons (Fsp3) is 0.571. The Morgan fingerprint density at radius 1 is 0.610 bits per heavy atom. The van der Waals surface area contributed by atoms with E-state index in [9.17, 15) is 19.2 Å². The van der Waals surface area contributed by atoms with Crippen LogP contribution in [0.25, 0.3) is 0 Å². The van der Waals surface area contributed by atoms with Crippen LogP contribution in [0.5, 0.6) is 0 Å². The number of nitrogens with two attached hydrogens (primary N) is 2. The molecule has 16 nitrogen and oxygen atoms in total. The highest BCUT2D eigenvalue weighted by atomic mass is 16.6. The second kappa shape index (κ2) is 23.4. The molecule has 4 rings (SSSR count). The largest absolute Gasteiger partial charge is 0.441 e. The quantitative estimate of drug-likeness (QED) is 0.0184. The predicted octanol–water partition coefficient (Wildman–Crippen LogP) is 2.15. The summed E-state index contributed by atoms with van der Waals surface area (Å²) in [7, 11) is -0.332. The van der Waals surface area contributed by atoms with E-state index >= 15 is 0 Å². The van der Waals surface area contributed by atoms with Crippen molar-refractivity contribution in [1.29, 1.82) is 10.8 Å². The normalized spacial score (nSPS) is 16.2. The Morgan fingerprint density at radius 2 is 0.983 bits per heavy atom. The molecule has 0 spiro atoms. The fourth-order valence-electron chi connectivity index (χ4n) is 8.00. The van der Waals surface area contributed by atoms with Gasteiger partial charge in [-0.15, -0.1) is 0 Å². The zero-order valence-electron chi connectivity index (χ0n) is 34.8. The van der Waals surface area contributed by atoms with E-state index < -0.39 is 35.1 Å². The Hall–Kier alpha value is -5.16. The van der Waals surface area contributed by atoms with Gasteiger partial charge >= 0.3 is 7.69 Å². The lowest BCUT2D eigenvalue weighted by Gasteiger charge is -2.31. The minimum absolute atomic E-state index is 0.181. The van der Waals surface area contributed by atoms with Crippen molar-refractivity contribution in [2.45, 2.75) is 116 Å². The molecular formula is C42H65BN10O6. The van der Waals surface area contributed by atoms with E-state index in [0.717, 1.165) is 47.9 Å². The third-order valence-electron chi connectivity index (χ3n) is 11.6. The highest BCUT2D eigenvalue weighted by Gasteiger charge is 2.49. The van der Waals surface area contributed by atoms with Gasteiger partial charge in [-0.3, -0.25) is 30.0 Å². The van der Waals surface area contributed by atoms with Gasteiger partial charge in [0.05, 0.1) is 0 Å². The Balaban J connectivity index is 1.41. The second-order valence-corrected chi connectivity index (χ2v) is 15.8. The summed E-state index contributed by atoms with van der Waals surface area (Å²) in [6, 6.07) is 16.0. The zero-order chi connectivity index (χ0) is 42.7. The zero-order valence-corrected chi connectivity index (χ0v) is 34.8. The second-order valence-electron chi connectivity index (χ2n) is 15.8. The maximum Gasteiger partial charge on any atom is 0.441 e. The van der Waals surface area contributed by atoms with Crippen molar-refractivity contribution >= 4 is 43.2 Å². The number of amides is 4. The van der Waals surface area contributed by atoms with E-state index in [-0.39, 0.29) is 31.4 Å². The number of guanidine groups is 2. The van der Waals surface area contributed by atoms with Gasteiger partial charge in [0.1, 0.15) is 23.3 Å². The minimum Gasteiger partial charge on any atom is -0.393 e. The molecule has 0 heterocycles. The van der Waals surface area contributed by atoms with Crippen molar-refractivity contribution in [3.8, 4) is 0 Å². The first kappa shape index (κ1) is 46.5. The van der Waals surface area contributed by atoms with Crippen LogP contribution >= 0.6 is 0 Å². The van der Waals surface area contributed by atoms with Crippen LogP contribution in [0.2, 0.25) is 0 Å². The van der Waals surface area contributed by atoms with E-state index in [1.807, 2.05) is 62.4 Å². The smallest absolute Gasteiger partial charge is 0.393 e. The molecule has 2 aliphatic carbocycles. The number of benzene rings is 2. The molecule has 59 heavy (non-hydrogen) atoms. The van der Waals surface area contributed by atoms with Crippen molar-refractivity contribution in [3.05, 3.63) is 70.8 Å². The van der Waals surface area contributed by atoms with Gasteiger partial charge in [0.2, 0.25) is 23.6 Å². The average Bonchev–Trinajstić information content (AvgIpc) is 3.92. The number of hydrogen-bond acceptors (Lipinski definition) is 8. The molecule has 0 aliphatic heterocycles. The van der Waals surface area contributed by atoms with Crippen LogP contribution in [0.3, 0.4) is 0 Å². The molecule has 2 fully saturated rings. The van der Waals surface area contributed by atoms with Gasteiger partial charge in [-0.25, -0.2) is 0 Å². The molecular weight excluding hydrogens is 751 g/mol. The number of rotatable bonds is 24. The van der Waals surface area contributed by atoms with Gasteiger partial charge in [0.25, 0.3) is 0 Å². The lowest BCUT2D eigenvalue weighted by molar-refractivity contribution is -0.146. The molecule has 2 unspecified atom stereocenters. The Bertz CT molecular complexity index is 1610. The highest BCUT2D eigenvalue weighted by molar-refractivity contribution is 6.18. The molecule has 2 aromatic carbocycles. The lowest BCUT2D eigenvalue weighted by Crippen LogP contribution is -2.54. The molecule has 2 aromatic rings. The van der Waals surface area contributed by atoms with Gasteiger partial charge in [-0.1, -0.05) is 74.2 Å². The topological polar surface area (TPSA) is 259 Å². The standard InChI is InChI=1S/C42H65BN10O6/c1-29-13-3-5-15-31(29)19-27-48-35(54)41(21-7-8-22-41)37(56)52-33(17-11-25-50-39(44)45)58-43-59-34(18-12-26-51-40(46)47)53-38(57)42(23-9-10-24-42)36(55)49-28-20-32-16-6-4-14-30(32)2/h3-6,13-16,33-34,43H,7-12,17-28H2,1-2H3,(H,48,54)(H,49,55)(H,52,56)(H,53,57)(H4,44,45,50)(H4,46,47,51). The first-order chi connectivity index (χ1) is 28.4. The number of hydrogen-bond donors (Lipinski definition) is 10. The van der Waals surface area contributed by atoms with E-state index in [2.05, 4.69) is 31.9 Å². The molecule has 17 heteroatoms. The molecule has 12 N–H and O–H groups in total. The summed E-state index contributed by atoms with van der Waals surface area (Å²) in [5, 5.41) is 32.5. The van der Waals surface area contributed by atoms with Crippen LogP contribution in [-0.2, 0) is 41.3 Å². The molecule has 0 aromatic heterocycles. The number of carbonyl (C=O) groups is 4. The molecule has 0 saturated heterocycles. The summed E-state index contributed by atoms with van der Waals surface area (Å²) in [5.74, 6) is -1.83. The molecule has 2 saturated carbocycles. The van der Waals surface area contributed by atoms with Gasteiger partial charge in [-0.2, -0.15) is 0 Å². The monoisotopic (exact) mass is 817 g/mol. The van der Waals surface area contributed by atoms with Crippen molar-refractivity contribution in [2.75, 3.05) is 26.2 Å². The van der Waals surface area contributed by atoms with E-state index in [0.29, 0.717) is 90.4 Å². The first-order valence-electron chi connectivity index (χ1n) is 21.0. The van der Waals surface area contributed by atoms with Gasteiger partial charge in [-0.05, 0) is 100 Å². The van der Waals surface area contributed by atoms with Gasteiger partial charge in [0.15, 0.2) is 11.9 Å². The van der Waals surface area contributed by atoms with Crippen molar-refractivity contribution in [2.24, 2.45) is 22.3 Å². The summed E-state index contributed by atoms with van der Waals surface area (Å²) in [6.07, 6.45) is 5.70. The molecule has 2 atom stereocenters. The average molecular weight is 817 g/mol. The molecule has 2 aliphatic rings. The molecule has 4 amide bonds. The third-order valence-corrected chi connectivity index (χ3v) is 11.6. The van der Waals surface area contributed by atoms with Gasteiger partial charge in [0, 0.05) is 26.2 Å². The SMILES string of the molecule is Cc1ccccc1CCNC(=O)C1(C(=O)NC(CCCNC(=N)N)OBOC(CCCNC(=N)N)NC(=O)C2(C(=O)NCCc3ccccc3C)CCCC2)CCCC1. The highest BCUT2D eigenvalue weighted by Crippen LogP contribution is 2.40. The Kier molecular flexibility index (Phi) is 18.5. The van der Waals surface area contributed by atoms with Crippen molar-refractivity contribution in [3.63, 3.8) is 0 Å². The first-order valence-corrected chi connectivity index (χ1v) is 21.0. The summed E-state index contributed by atoms with van der Waals surface area (Å²) in [4.78, 5) is 55.5. The van der Waals surface area contributed by atoms with Crippen LogP contribution in [-0.4, -0.2) is 81.9 Å². The summed E-state index contributed by atoms with van der Waals surface area (Å²) < 4.78 is 12.2. The number of aryl methyl sites for hydroxylation is 2. The van der Waals surface area contributed by atoms with Crippen LogP contribution in [0.4, 0.5) is 0 Å². The summed E-state index contributed by atoms with van der Waals surface area (Å²) >= 11 is 0. The summed E-state index contributed by atoms with van der Waals surface area (Å²) in [6.45, 7) is 5.56. The molecule has 0 bridgehead atoms. The van der Waals surface area contributed by atoms with E-state index in [1.54, 1.807) is 0 Å².